The molecule has 1 heterocycles. The van der Waals surface area contributed by atoms with E-state index >= 15 is 0 Å². The number of methoxy groups -OCH3 is 2. The van der Waals surface area contributed by atoms with Gasteiger partial charge < -0.3 is 14.8 Å². The zero-order valence-corrected chi connectivity index (χ0v) is 23.8. The van der Waals surface area contributed by atoms with Gasteiger partial charge in [-0.25, -0.2) is 4.68 Å². The predicted molar refractivity (Wildman–Crippen MR) is 156 cm³/mol. The summed E-state index contributed by atoms with van der Waals surface area (Å²) in [6.07, 6.45) is 1.47. The second kappa shape index (κ2) is 13.1. The van der Waals surface area contributed by atoms with Crippen LogP contribution in [0.3, 0.4) is 0 Å². The molecule has 9 nitrogen and oxygen atoms in total. The fourth-order valence-corrected chi connectivity index (χ4v) is 4.81. The van der Waals surface area contributed by atoms with Gasteiger partial charge in [0.25, 0.3) is 0 Å². The van der Waals surface area contributed by atoms with Crippen molar-refractivity contribution in [3.05, 3.63) is 77.9 Å². The summed E-state index contributed by atoms with van der Waals surface area (Å²) in [7, 11) is 3.08. The number of rotatable bonds is 12. The van der Waals surface area contributed by atoms with Crippen LogP contribution in [-0.2, 0) is 22.6 Å². The first-order chi connectivity index (χ1) is 19.4. The number of para-hydroxylation sites is 3. The van der Waals surface area contributed by atoms with Crippen LogP contribution in [0, 0.1) is 5.92 Å². The number of benzene rings is 3. The second-order valence-corrected chi connectivity index (χ2v) is 9.94. The van der Waals surface area contributed by atoms with Crippen molar-refractivity contribution in [2.24, 2.45) is 5.92 Å². The molecule has 0 saturated heterocycles. The SMILES string of the molecule is CCc1ccccc1N(C(=O)Cn1nnc2ccccc21)C(C(=O)NCCC(C)C)c1cccc(OC)c1OC. The zero-order chi connectivity index (χ0) is 28.6. The maximum Gasteiger partial charge on any atom is 0.249 e. The molecule has 0 aliphatic carbocycles. The van der Waals surface area contributed by atoms with Crippen LogP contribution in [0.25, 0.3) is 11.0 Å². The Kier molecular flexibility index (Phi) is 9.37. The van der Waals surface area contributed by atoms with E-state index in [-0.39, 0.29) is 18.4 Å². The number of nitrogens with one attached hydrogen (secondary N) is 1. The molecule has 4 aromatic rings. The second-order valence-electron chi connectivity index (χ2n) is 9.94. The lowest BCUT2D eigenvalue weighted by molar-refractivity contribution is -0.127. The van der Waals surface area contributed by atoms with Gasteiger partial charge in [0.15, 0.2) is 11.5 Å². The number of aromatic nitrogens is 3. The molecule has 3 aromatic carbocycles. The molecule has 40 heavy (non-hydrogen) atoms. The molecule has 210 valence electrons. The van der Waals surface area contributed by atoms with Gasteiger partial charge in [-0.2, -0.15) is 0 Å². The fourth-order valence-electron chi connectivity index (χ4n) is 4.81. The molecule has 1 aromatic heterocycles. The van der Waals surface area contributed by atoms with Crippen LogP contribution in [0.15, 0.2) is 66.7 Å². The summed E-state index contributed by atoms with van der Waals surface area (Å²) in [5.41, 5.74) is 3.52. The minimum Gasteiger partial charge on any atom is -0.493 e. The number of hydrogen-bond acceptors (Lipinski definition) is 6. The maximum atomic E-state index is 14.4. The highest BCUT2D eigenvalue weighted by molar-refractivity contribution is 6.02. The molecule has 1 N–H and O–H groups in total. The molecule has 1 atom stereocenters. The summed E-state index contributed by atoms with van der Waals surface area (Å²) < 4.78 is 12.9. The molecule has 2 amide bonds. The molecule has 4 rings (SSSR count). The highest BCUT2D eigenvalue weighted by atomic mass is 16.5. The summed E-state index contributed by atoms with van der Waals surface area (Å²) in [4.78, 5) is 30.0. The third-order valence-electron chi connectivity index (χ3n) is 6.86. The largest absolute Gasteiger partial charge is 0.493 e. The molecule has 0 spiro atoms. The van der Waals surface area contributed by atoms with Crippen molar-refractivity contribution in [2.45, 2.75) is 46.2 Å². The van der Waals surface area contributed by atoms with Crippen LogP contribution in [0.5, 0.6) is 11.5 Å². The van der Waals surface area contributed by atoms with Crippen molar-refractivity contribution in [2.75, 3.05) is 25.7 Å². The molecule has 1 unspecified atom stereocenters. The van der Waals surface area contributed by atoms with Gasteiger partial charge in [-0.05, 0) is 48.6 Å². The molecular formula is C31H37N5O4. The van der Waals surface area contributed by atoms with Crippen LogP contribution in [0.1, 0.15) is 44.4 Å². The normalized spacial score (nSPS) is 11.8. The monoisotopic (exact) mass is 543 g/mol. The van der Waals surface area contributed by atoms with E-state index in [9.17, 15) is 9.59 Å². The number of anilines is 1. The maximum absolute atomic E-state index is 14.4. The lowest BCUT2D eigenvalue weighted by Crippen LogP contribution is -2.46. The summed E-state index contributed by atoms with van der Waals surface area (Å²) in [6.45, 7) is 6.59. The molecular weight excluding hydrogens is 506 g/mol. The van der Waals surface area contributed by atoms with E-state index in [1.807, 2.05) is 55.5 Å². The molecule has 0 aliphatic rings. The Morgan fingerprint density at radius 3 is 2.45 bits per heavy atom. The first-order valence-electron chi connectivity index (χ1n) is 13.6. The molecule has 0 bridgehead atoms. The smallest absolute Gasteiger partial charge is 0.249 e. The van der Waals surface area contributed by atoms with Gasteiger partial charge in [-0.3, -0.25) is 14.5 Å². The number of carbonyl (C=O) groups is 2. The first kappa shape index (κ1) is 28.6. The number of aryl methyl sites for hydroxylation is 1. The van der Waals surface area contributed by atoms with E-state index in [2.05, 4.69) is 29.5 Å². The lowest BCUT2D eigenvalue weighted by Gasteiger charge is -2.33. The van der Waals surface area contributed by atoms with Crippen LogP contribution in [0.4, 0.5) is 5.69 Å². The van der Waals surface area contributed by atoms with Gasteiger partial charge in [-0.15, -0.1) is 5.10 Å². The molecule has 0 saturated carbocycles. The minimum absolute atomic E-state index is 0.110. The Bertz CT molecular complexity index is 1470. The van der Waals surface area contributed by atoms with Crippen molar-refractivity contribution < 1.29 is 19.1 Å². The average Bonchev–Trinajstić information content (AvgIpc) is 3.37. The van der Waals surface area contributed by atoms with Crippen LogP contribution in [0.2, 0.25) is 0 Å². The highest BCUT2D eigenvalue weighted by Gasteiger charge is 2.36. The number of amides is 2. The third kappa shape index (κ3) is 6.09. The van der Waals surface area contributed by atoms with Gasteiger partial charge >= 0.3 is 0 Å². The number of fused-ring (bicyclic) bond motifs is 1. The van der Waals surface area contributed by atoms with Gasteiger partial charge in [0.05, 0.1) is 19.7 Å². The minimum atomic E-state index is -1.04. The van der Waals surface area contributed by atoms with E-state index in [0.717, 1.165) is 17.5 Å². The van der Waals surface area contributed by atoms with E-state index in [4.69, 9.17) is 9.47 Å². The van der Waals surface area contributed by atoms with Crippen LogP contribution >= 0.6 is 0 Å². The fraction of sp³-hybridized carbons (Fsp3) is 0.355. The van der Waals surface area contributed by atoms with Gasteiger partial charge in [-0.1, -0.05) is 68.4 Å². The Balaban J connectivity index is 1.88. The van der Waals surface area contributed by atoms with Crippen molar-refractivity contribution in [1.29, 1.82) is 0 Å². The van der Waals surface area contributed by atoms with Gasteiger partial charge in [0.2, 0.25) is 11.8 Å². The Hall–Kier alpha value is -4.40. The average molecular weight is 544 g/mol. The van der Waals surface area contributed by atoms with Crippen molar-refractivity contribution >= 4 is 28.5 Å². The summed E-state index contributed by atoms with van der Waals surface area (Å²) in [6, 6.07) is 19.4. The predicted octanol–water partition coefficient (Wildman–Crippen LogP) is 4.95. The third-order valence-corrected chi connectivity index (χ3v) is 6.86. The van der Waals surface area contributed by atoms with Crippen LogP contribution < -0.4 is 19.7 Å². The number of nitrogens with zero attached hydrogens (tertiary/aromatic N) is 4. The van der Waals surface area contributed by atoms with Gasteiger partial charge in [0.1, 0.15) is 18.1 Å². The molecule has 0 aliphatic heterocycles. The number of hydrogen-bond donors (Lipinski definition) is 1. The van der Waals surface area contributed by atoms with E-state index < -0.39 is 6.04 Å². The molecule has 0 radical (unpaired) electrons. The Morgan fingerprint density at radius 1 is 0.975 bits per heavy atom. The quantitative estimate of drug-likeness (QED) is 0.272. The van der Waals surface area contributed by atoms with Crippen molar-refractivity contribution in [3.63, 3.8) is 0 Å². The topological polar surface area (TPSA) is 98.6 Å². The Labute approximate surface area is 235 Å². The van der Waals surface area contributed by atoms with Gasteiger partial charge in [0, 0.05) is 17.8 Å². The van der Waals surface area contributed by atoms with E-state index in [1.165, 1.54) is 7.11 Å². The van der Waals surface area contributed by atoms with E-state index in [1.54, 1.807) is 34.9 Å². The standard InChI is InChI=1S/C31H37N5O4/c1-6-22-12-7-9-15-25(22)36(28(37)20-35-26-16-10-8-14-24(26)33-34-35)29(31(38)32-19-18-21(2)3)23-13-11-17-27(39-4)30(23)40-5/h7-17,21,29H,6,18-20H2,1-5H3,(H,32,38). The summed E-state index contributed by atoms with van der Waals surface area (Å²) in [5, 5.41) is 11.5. The molecule has 9 heteroatoms. The number of carbonyl (C=O) groups excluding carboxylic acids is 2. The first-order valence-corrected chi connectivity index (χ1v) is 13.6. The van der Waals surface area contributed by atoms with Crippen LogP contribution in [-0.4, -0.2) is 47.6 Å². The Morgan fingerprint density at radius 2 is 1.73 bits per heavy atom. The van der Waals surface area contributed by atoms with Crippen molar-refractivity contribution in [3.8, 4) is 11.5 Å². The summed E-state index contributed by atoms with van der Waals surface area (Å²) in [5.74, 6) is 0.648. The lowest BCUT2D eigenvalue weighted by atomic mass is 9.99. The summed E-state index contributed by atoms with van der Waals surface area (Å²) >= 11 is 0. The molecule has 0 fully saturated rings. The van der Waals surface area contributed by atoms with E-state index in [0.29, 0.717) is 47.2 Å². The number of ether oxygens (including phenoxy) is 2. The van der Waals surface area contributed by atoms with Crippen molar-refractivity contribution in [1.82, 2.24) is 20.3 Å². The zero-order valence-electron chi connectivity index (χ0n) is 23.8. The highest BCUT2D eigenvalue weighted by Crippen LogP contribution is 2.40.